The van der Waals surface area contributed by atoms with Crippen molar-refractivity contribution in [1.29, 1.82) is 0 Å². The second-order valence-electron chi connectivity index (χ2n) is 12.9. The number of alkyl halides is 3. The van der Waals surface area contributed by atoms with Crippen LogP contribution < -0.4 is 31.2 Å². The van der Waals surface area contributed by atoms with Crippen molar-refractivity contribution in [3.63, 3.8) is 0 Å². The van der Waals surface area contributed by atoms with Crippen molar-refractivity contribution in [2.45, 2.75) is 56.9 Å². The standard InChI is InChI=1S/C36H40N6O5S.C2HF3O2/c37-27(18-29-22-48-23-39-29)19-38-15-1-2-16-46-31-12-8-28(9-13-31)40-35(44)25-5-3-24(4-6-25)20-42(30-10-11-30)36(45)26-7-14-32-33(17-26)47-21-34(43)41-32;3-2(4,5)1(6)7/h3-9,12-14,17,22-23,27,30,38H,1-2,10-11,15-16,18-21,37H2,(H,40,44)(H,41,43);(H,6,7)/t27-;/m0./s1. The van der Waals surface area contributed by atoms with Gasteiger partial charge >= 0.3 is 12.1 Å². The summed E-state index contributed by atoms with van der Waals surface area (Å²) in [5.74, 6) is -2.04. The first-order valence-corrected chi connectivity index (χ1v) is 18.4. The van der Waals surface area contributed by atoms with Gasteiger partial charge in [0.15, 0.2) is 6.61 Å². The Labute approximate surface area is 319 Å². The van der Waals surface area contributed by atoms with E-state index in [1.807, 2.05) is 52.2 Å². The molecule has 0 bridgehead atoms. The van der Waals surface area contributed by atoms with Crippen molar-refractivity contribution in [3.8, 4) is 11.5 Å². The molecule has 6 N–H and O–H groups in total. The molecular formula is C38H41F3N6O7S. The van der Waals surface area contributed by atoms with Crippen LogP contribution in [0.3, 0.4) is 0 Å². The summed E-state index contributed by atoms with van der Waals surface area (Å²) in [5.41, 5.74) is 12.2. The van der Waals surface area contributed by atoms with Crippen LogP contribution in [0.1, 0.15) is 57.7 Å². The van der Waals surface area contributed by atoms with Gasteiger partial charge in [-0.05, 0) is 92.4 Å². The van der Waals surface area contributed by atoms with Crippen LogP contribution in [-0.2, 0) is 22.6 Å². The fourth-order valence-corrected chi connectivity index (χ4v) is 6.00. The molecule has 6 rings (SSSR count). The Morgan fingerprint density at radius 1 is 1.05 bits per heavy atom. The molecule has 3 aromatic carbocycles. The maximum atomic E-state index is 13.5. The van der Waals surface area contributed by atoms with Gasteiger partial charge < -0.3 is 41.2 Å². The lowest BCUT2D eigenvalue weighted by Crippen LogP contribution is -2.36. The fourth-order valence-electron chi connectivity index (χ4n) is 5.43. The normalized spacial score (nSPS) is 13.9. The summed E-state index contributed by atoms with van der Waals surface area (Å²) >= 11 is 1.59. The van der Waals surface area contributed by atoms with Gasteiger partial charge in [0, 0.05) is 53.8 Å². The van der Waals surface area contributed by atoms with E-state index < -0.39 is 12.1 Å². The van der Waals surface area contributed by atoms with E-state index in [0.29, 0.717) is 41.4 Å². The molecule has 13 nitrogen and oxygen atoms in total. The average Bonchev–Trinajstić information content (AvgIpc) is 3.88. The Bertz CT molecular complexity index is 1910. The minimum Gasteiger partial charge on any atom is -0.494 e. The van der Waals surface area contributed by atoms with E-state index in [2.05, 4.69) is 20.9 Å². The Morgan fingerprint density at radius 3 is 2.42 bits per heavy atom. The number of halogens is 3. The zero-order valence-electron chi connectivity index (χ0n) is 29.6. The molecule has 55 heavy (non-hydrogen) atoms. The molecule has 0 saturated heterocycles. The van der Waals surface area contributed by atoms with Gasteiger partial charge in [0.2, 0.25) is 0 Å². The number of ether oxygens (including phenoxy) is 2. The zero-order valence-corrected chi connectivity index (χ0v) is 30.5. The van der Waals surface area contributed by atoms with Crippen LogP contribution in [0.2, 0.25) is 0 Å². The number of anilines is 2. The molecule has 2 aliphatic rings. The number of fused-ring (bicyclic) bond motifs is 1. The fraction of sp³-hybridized carbons (Fsp3) is 0.342. The number of thiazole rings is 1. The molecular weight excluding hydrogens is 742 g/mol. The van der Waals surface area contributed by atoms with E-state index in [0.717, 1.165) is 62.2 Å². The predicted molar refractivity (Wildman–Crippen MR) is 199 cm³/mol. The third-order valence-electron chi connectivity index (χ3n) is 8.41. The van der Waals surface area contributed by atoms with Crippen LogP contribution in [0.15, 0.2) is 77.6 Å². The van der Waals surface area contributed by atoms with E-state index in [4.69, 9.17) is 25.1 Å². The largest absolute Gasteiger partial charge is 0.494 e. The van der Waals surface area contributed by atoms with Crippen molar-refractivity contribution in [3.05, 3.63) is 100 Å². The van der Waals surface area contributed by atoms with Crippen molar-refractivity contribution in [2.24, 2.45) is 5.73 Å². The summed E-state index contributed by atoms with van der Waals surface area (Å²) < 4.78 is 43.1. The topological polar surface area (TPSA) is 185 Å². The smallest absolute Gasteiger partial charge is 0.490 e. The molecule has 0 unspecified atom stereocenters. The molecule has 0 spiro atoms. The number of carboxylic acids is 1. The van der Waals surface area contributed by atoms with Crippen LogP contribution in [0.25, 0.3) is 0 Å². The first kappa shape index (κ1) is 40.7. The van der Waals surface area contributed by atoms with Crippen LogP contribution in [0.4, 0.5) is 24.5 Å². The highest BCUT2D eigenvalue weighted by atomic mass is 32.1. The second kappa shape index (κ2) is 19.2. The number of unbranched alkanes of at least 4 members (excludes halogenated alkanes) is 1. The van der Waals surface area contributed by atoms with Crippen molar-refractivity contribution in [1.82, 2.24) is 15.2 Å². The highest BCUT2D eigenvalue weighted by molar-refractivity contribution is 7.07. The van der Waals surface area contributed by atoms with Gasteiger partial charge in [-0.15, -0.1) is 11.3 Å². The van der Waals surface area contributed by atoms with E-state index in [-0.39, 0.29) is 36.4 Å². The lowest BCUT2D eigenvalue weighted by molar-refractivity contribution is -0.192. The van der Waals surface area contributed by atoms with Gasteiger partial charge in [-0.3, -0.25) is 14.4 Å². The Kier molecular flexibility index (Phi) is 14.2. The van der Waals surface area contributed by atoms with Gasteiger partial charge in [0.25, 0.3) is 17.7 Å². The highest BCUT2D eigenvalue weighted by Crippen LogP contribution is 2.33. The number of nitrogens with zero attached hydrogens (tertiary/aromatic N) is 2. The summed E-state index contributed by atoms with van der Waals surface area (Å²) in [6.07, 6.45) is -0.494. The lowest BCUT2D eigenvalue weighted by atomic mass is 10.1. The molecule has 1 saturated carbocycles. The van der Waals surface area contributed by atoms with E-state index >= 15 is 0 Å². The number of nitrogens with two attached hydrogens (primary N) is 1. The first-order chi connectivity index (χ1) is 26.4. The number of benzene rings is 3. The second-order valence-corrected chi connectivity index (χ2v) is 13.6. The third kappa shape index (κ3) is 12.8. The van der Waals surface area contributed by atoms with E-state index in [9.17, 15) is 27.6 Å². The van der Waals surface area contributed by atoms with Crippen LogP contribution in [-0.4, -0.2) is 83.2 Å². The molecule has 1 aliphatic carbocycles. The molecule has 2 heterocycles. The summed E-state index contributed by atoms with van der Waals surface area (Å²) in [4.78, 5) is 53.0. The number of hydrogen-bond acceptors (Lipinski definition) is 10. The molecule has 1 aromatic heterocycles. The number of amides is 3. The summed E-state index contributed by atoms with van der Waals surface area (Å²) in [6.45, 7) is 2.61. The van der Waals surface area contributed by atoms with Crippen LogP contribution in [0.5, 0.6) is 11.5 Å². The number of rotatable bonds is 16. The van der Waals surface area contributed by atoms with Gasteiger partial charge in [-0.25, -0.2) is 9.78 Å². The quantitative estimate of drug-likeness (QED) is 0.0912. The average molecular weight is 783 g/mol. The Balaban J connectivity index is 0.000000757. The van der Waals surface area contributed by atoms with Crippen molar-refractivity contribution < 1.29 is 46.9 Å². The lowest BCUT2D eigenvalue weighted by Gasteiger charge is -2.24. The number of aliphatic carboxylic acids is 1. The van der Waals surface area contributed by atoms with E-state index in [1.54, 1.807) is 41.7 Å². The summed E-state index contributed by atoms with van der Waals surface area (Å²) in [5, 5.41) is 18.2. The highest BCUT2D eigenvalue weighted by Gasteiger charge is 2.38. The van der Waals surface area contributed by atoms with Crippen molar-refractivity contribution in [2.75, 3.05) is 36.9 Å². The van der Waals surface area contributed by atoms with Crippen LogP contribution >= 0.6 is 11.3 Å². The minimum absolute atomic E-state index is 0.0544. The Morgan fingerprint density at radius 2 is 1.76 bits per heavy atom. The molecule has 1 fully saturated rings. The third-order valence-corrected chi connectivity index (χ3v) is 9.05. The van der Waals surface area contributed by atoms with Crippen molar-refractivity contribution >= 4 is 46.4 Å². The zero-order chi connectivity index (χ0) is 39.4. The van der Waals surface area contributed by atoms with Gasteiger partial charge in [0.05, 0.1) is 23.5 Å². The molecule has 0 radical (unpaired) electrons. The molecule has 17 heteroatoms. The number of hydrogen-bond donors (Lipinski definition) is 5. The van der Waals surface area contributed by atoms with Gasteiger partial charge in [0.1, 0.15) is 11.5 Å². The first-order valence-electron chi connectivity index (χ1n) is 17.5. The Hall–Kier alpha value is -5.52. The van der Waals surface area contributed by atoms with E-state index in [1.165, 1.54) is 0 Å². The number of carbonyl (C=O) groups excluding carboxylic acids is 3. The maximum Gasteiger partial charge on any atom is 0.490 e. The predicted octanol–water partition coefficient (Wildman–Crippen LogP) is 5.48. The minimum atomic E-state index is -5.08. The van der Waals surface area contributed by atoms with Gasteiger partial charge in [-0.2, -0.15) is 13.2 Å². The number of carbonyl (C=O) groups is 4. The maximum absolute atomic E-state index is 13.5. The number of aromatic nitrogens is 1. The van der Waals surface area contributed by atoms with Crippen LogP contribution in [0, 0.1) is 0 Å². The molecule has 1 aliphatic heterocycles. The summed E-state index contributed by atoms with van der Waals surface area (Å²) in [6, 6.07) is 20.0. The monoisotopic (exact) mass is 782 g/mol. The number of carboxylic acid groups (broad SMARTS) is 1. The molecule has 1 atom stereocenters. The molecule has 292 valence electrons. The van der Waals surface area contributed by atoms with Gasteiger partial charge in [-0.1, -0.05) is 12.1 Å². The molecule has 4 aromatic rings. The summed E-state index contributed by atoms with van der Waals surface area (Å²) in [7, 11) is 0. The SMILES string of the molecule is N[C@H](CNCCCCOc1ccc(NC(=O)c2ccc(CN(C(=O)c3ccc4c(c3)OCC(=O)N4)C3CC3)cc2)cc1)Cc1cscn1.O=C(O)C(F)(F)F. The molecule has 3 amide bonds. The number of nitrogens with one attached hydrogen (secondary N) is 3.